The van der Waals surface area contributed by atoms with Crippen molar-refractivity contribution in [1.82, 2.24) is 0 Å². The Morgan fingerprint density at radius 2 is 2.23 bits per heavy atom. The Kier molecular flexibility index (Phi) is 3.69. The van der Waals surface area contributed by atoms with Gasteiger partial charge in [-0.1, -0.05) is 36.8 Å². The fraction of sp³-hybridized carbons (Fsp3) is 0.417. The summed E-state index contributed by atoms with van der Waals surface area (Å²) < 4.78 is 0. The topological polar surface area (TPSA) is 17.1 Å². The van der Waals surface area contributed by atoms with Crippen LogP contribution in [0.3, 0.4) is 0 Å². The van der Waals surface area contributed by atoms with Gasteiger partial charge in [-0.3, -0.25) is 0 Å². The van der Waals surface area contributed by atoms with Gasteiger partial charge in [0.25, 0.3) is 0 Å². The zero-order valence-electron chi connectivity index (χ0n) is 8.29. The van der Waals surface area contributed by atoms with Gasteiger partial charge in [0.15, 0.2) is 0 Å². The highest BCUT2D eigenvalue weighted by Gasteiger charge is 2.02. The third kappa shape index (κ3) is 3.41. The second-order valence-electron chi connectivity index (χ2n) is 3.70. The summed E-state index contributed by atoms with van der Waals surface area (Å²) >= 11 is 0. The summed E-state index contributed by atoms with van der Waals surface area (Å²) in [5.74, 6) is 0.458. The van der Waals surface area contributed by atoms with E-state index in [0.717, 1.165) is 12.7 Å². The van der Waals surface area contributed by atoms with Crippen LogP contribution in [-0.2, 0) is 11.2 Å². The van der Waals surface area contributed by atoms with Gasteiger partial charge in [0.1, 0.15) is 6.29 Å². The van der Waals surface area contributed by atoms with Gasteiger partial charge < -0.3 is 4.79 Å². The van der Waals surface area contributed by atoms with Crippen molar-refractivity contribution in [3.63, 3.8) is 0 Å². The molecule has 1 atom stereocenters. The average Bonchev–Trinajstić information content (AvgIpc) is 2.04. The van der Waals surface area contributed by atoms with Crippen LogP contribution >= 0.6 is 0 Å². The molecule has 0 N–H and O–H groups in total. The zero-order chi connectivity index (χ0) is 9.68. The first kappa shape index (κ1) is 9.97. The molecule has 0 aliphatic heterocycles. The maximum atomic E-state index is 10.3. The lowest BCUT2D eigenvalue weighted by molar-refractivity contribution is -0.108. The van der Waals surface area contributed by atoms with Crippen molar-refractivity contribution in [3.8, 4) is 0 Å². The smallest absolute Gasteiger partial charge is 0.120 e. The molecule has 13 heavy (non-hydrogen) atoms. The maximum absolute atomic E-state index is 10.3. The Balaban J connectivity index is 2.58. The second kappa shape index (κ2) is 4.80. The highest BCUT2D eigenvalue weighted by molar-refractivity contribution is 5.49. The van der Waals surface area contributed by atoms with Crippen molar-refractivity contribution in [2.24, 2.45) is 5.92 Å². The van der Waals surface area contributed by atoms with Gasteiger partial charge >= 0.3 is 0 Å². The molecule has 0 aliphatic rings. The molecule has 0 fully saturated rings. The molecule has 1 unspecified atom stereocenters. The van der Waals surface area contributed by atoms with E-state index < -0.39 is 0 Å². The molecule has 1 rings (SSSR count). The lowest BCUT2D eigenvalue weighted by Gasteiger charge is -2.07. The van der Waals surface area contributed by atoms with Crippen molar-refractivity contribution < 1.29 is 4.79 Å². The van der Waals surface area contributed by atoms with Crippen LogP contribution in [0.2, 0.25) is 0 Å². The Morgan fingerprint density at radius 1 is 1.46 bits per heavy atom. The maximum Gasteiger partial charge on any atom is 0.120 e. The molecule has 70 valence electrons. The molecule has 0 heterocycles. The van der Waals surface area contributed by atoms with Crippen molar-refractivity contribution >= 4 is 6.29 Å². The van der Waals surface area contributed by atoms with E-state index in [2.05, 4.69) is 38.1 Å². The van der Waals surface area contributed by atoms with E-state index in [-0.39, 0.29) is 0 Å². The Bertz CT molecular complexity index is 278. The fourth-order valence-corrected chi connectivity index (χ4v) is 1.49. The van der Waals surface area contributed by atoms with Gasteiger partial charge in [0, 0.05) is 6.42 Å². The van der Waals surface area contributed by atoms with E-state index in [9.17, 15) is 4.79 Å². The zero-order valence-corrected chi connectivity index (χ0v) is 8.29. The molecule has 0 amide bonds. The Morgan fingerprint density at radius 3 is 2.85 bits per heavy atom. The van der Waals surface area contributed by atoms with Gasteiger partial charge in [0.05, 0.1) is 0 Å². The van der Waals surface area contributed by atoms with Crippen LogP contribution in [0.15, 0.2) is 24.3 Å². The van der Waals surface area contributed by atoms with Gasteiger partial charge in [-0.2, -0.15) is 0 Å². The molecule has 0 aromatic heterocycles. The Hall–Kier alpha value is -1.11. The van der Waals surface area contributed by atoms with Gasteiger partial charge in [-0.05, 0) is 24.8 Å². The van der Waals surface area contributed by atoms with Crippen LogP contribution in [-0.4, -0.2) is 6.29 Å². The third-order valence-electron chi connectivity index (χ3n) is 2.17. The first-order chi connectivity index (χ1) is 6.22. The number of carbonyl (C=O) groups excluding carboxylic acids is 1. The van der Waals surface area contributed by atoms with Crippen LogP contribution in [0.25, 0.3) is 0 Å². The minimum Gasteiger partial charge on any atom is -0.303 e. The quantitative estimate of drug-likeness (QED) is 0.645. The molecule has 0 bridgehead atoms. The minimum absolute atomic E-state index is 0.458. The molecule has 0 saturated heterocycles. The van der Waals surface area contributed by atoms with E-state index in [1.54, 1.807) is 0 Å². The predicted octanol–water partition coefficient (Wildman–Crippen LogP) is 2.76. The molecule has 0 aliphatic carbocycles. The molecule has 1 nitrogen and oxygen atoms in total. The van der Waals surface area contributed by atoms with Crippen molar-refractivity contribution in [1.29, 1.82) is 0 Å². The molecule has 1 heteroatoms. The minimum atomic E-state index is 0.458. The summed E-state index contributed by atoms with van der Waals surface area (Å²) in [4.78, 5) is 10.3. The van der Waals surface area contributed by atoms with Gasteiger partial charge in [-0.25, -0.2) is 0 Å². The normalized spacial score (nSPS) is 12.5. The fourth-order valence-electron chi connectivity index (χ4n) is 1.49. The SMILES string of the molecule is Cc1cccc(CC(C)CC=O)c1. The summed E-state index contributed by atoms with van der Waals surface area (Å²) in [7, 11) is 0. The van der Waals surface area contributed by atoms with Crippen molar-refractivity contribution in [3.05, 3.63) is 35.4 Å². The first-order valence-corrected chi connectivity index (χ1v) is 4.71. The van der Waals surface area contributed by atoms with Crippen molar-refractivity contribution in [2.45, 2.75) is 26.7 Å². The molecule has 1 aromatic carbocycles. The number of aryl methyl sites for hydroxylation is 1. The average molecular weight is 176 g/mol. The number of hydrogen-bond acceptors (Lipinski definition) is 1. The number of rotatable bonds is 4. The number of aldehydes is 1. The van der Waals surface area contributed by atoms with E-state index in [4.69, 9.17) is 0 Å². The molecular formula is C12H16O. The summed E-state index contributed by atoms with van der Waals surface area (Å²) in [6.45, 7) is 4.20. The molecule has 1 aromatic rings. The largest absolute Gasteiger partial charge is 0.303 e. The Labute approximate surface area is 79.8 Å². The van der Waals surface area contributed by atoms with Crippen LogP contribution < -0.4 is 0 Å². The summed E-state index contributed by atoms with van der Waals surface area (Å²) in [5, 5.41) is 0. The third-order valence-corrected chi connectivity index (χ3v) is 2.17. The molecule has 0 saturated carbocycles. The monoisotopic (exact) mass is 176 g/mol. The number of benzene rings is 1. The highest BCUT2D eigenvalue weighted by Crippen LogP contribution is 2.11. The van der Waals surface area contributed by atoms with E-state index in [0.29, 0.717) is 12.3 Å². The standard InChI is InChI=1S/C12H16O/c1-10-4-3-5-12(8-10)9-11(2)6-7-13/h3-5,7-8,11H,6,9H2,1-2H3. The molecule has 0 radical (unpaired) electrons. The van der Waals surface area contributed by atoms with Crippen molar-refractivity contribution in [2.75, 3.05) is 0 Å². The summed E-state index contributed by atoms with van der Waals surface area (Å²) in [5.41, 5.74) is 2.62. The van der Waals surface area contributed by atoms with Crippen LogP contribution in [0, 0.1) is 12.8 Å². The van der Waals surface area contributed by atoms with Crippen LogP contribution in [0.4, 0.5) is 0 Å². The number of hydrogen-bond donors (Lipinski definition) is 0. The highest BCUT2D eigenvalue weighted by atomic mass is 16.1. The van der Waals surface area contributed by atoms with Gasteiger partial charge in [-0.15, -0.1) is 0 Å². The lowest BCUT2D eigenvalue weighted by atomic mass is 9.98. The van der Waals surface area contributed by atoms with E-state index in [1.165, 1.54) is 11.1 Å². The van der Waals surface area contributed by atoms with Crippen LogP contribution in [0.5, 0.6) is 0 Å². The number of carbonyl (C=O) groups is 1. The predicted molar refractivity (Wildman–Crippen MR) is 54.7 cm³/mol. The summed E-state index contributed by atoms with van der Waals surface area (Å²) in [6, 6.07) is 8.46. The molecular weight excluding hydrogens is 160 g/mol. The van der Waals surface area contributed by atoms with Crippen LogP contribution in [0.1, 0.15) is 24.5 Å². The lowest BCUT2D eigenvalue weighted by Crippen LogP contribution is -2.00. The van der Waals surface area contributed by atoms with Gasteiger partial charge in [0.2, 0.25) is 0 Å². The van der Waals surface area contributed by atoms with E-state index in [1.807, 2.05) is 0 Å². The summed E-state index contributed by atoms with van der Waals surface area (Å²) in [6.07, 6.45) is 2.66. The molecule has 0 spiro atoms. The first-order valence-electron chi connectivity index (χ1n) is 4.71. The van der Waals surface area contributed by atoms with E-state index >= 15 is 0 Å². The second-order valence-corrected chi connectivity index (χ2v) is 3.70.